The van der Waals surface area contributed by atoms with Crippen LogP contribution in [-0.2, 0) is 0 Å². The summed E-state index contributed by atoms with van der Waals surface area (Å²) in [6, 6.07) is 11.3. The van der Waals surface area contributed by atoms with Crippen LogP contribution in [0.3, 0.4) is 0 Å². The number of rotatable bonds is 5. The highest BCUT2D eigenvalue weighted by atomic mass is 32.1. The van der Waals surface area contributed by atoms with E-state index in [2.05, 4.69) is 58.5 Å². The van der Waals surface area contributed by atoms with Gasteiger partial charge >= 0.3 is 0 Å². The second kappa shape index (κ2) is 7.74. The summed E-state index contributed by atoms with van der Waals surface area (Å²) < 4.78 is 6.95. The van der Waals surface area contributed by atoms with Crippen molar-refractivity contribution in [1.82, 2.24) is 9.88 Å². The van der Waals surface area contributed by atoms with Gasteiger partial charge in [-0.15, -0.1) is 11.3 Å². The summed E-state index contributed by atoms with van der Waals surface area (Å²) in [4.78, 5) is 8.96. The molecule has 0 unspecified atom stereocenters. The van der Waals surface area contributed by atoms with Crippen LogP contribution in [0, 0.1) is 0 Å². The van der Waals surface area contributed by atoms with Crippen LogP contribution in [0.4, 0.5) is 16.4 Å². The van der Waals surface area contributed by atoms with Gasteiger partial charge in [-0.25, -0.2) is 0 Å². The zero-order valence-corrected chi connectivity index (χ0v) is 16.9. The predicted octanol–water partition coefficient (Wildman–Crippen LogP) is 4.58. The maximum absolute atomic E-state index is 5.71. The van der Waals surface area contributed by atoms with Crippen LogP contribution < -0.4 is 15.0 Å². The number of pyridine rings is 1. The summed E-state index contributed by atoms with van der Waals surface area (Å²) in [6.45, 7) is 2.13. The van der Waals surface area contributed by atoms with Gasteiger partial charge in [0.15, 0.2) is 0 Å². The van der Waals surface area contributed by atoms with Crippen LogP contribution in [0.5, 0.6) is 5.75 Å². The molecule has 6 heteroatoms. The number of benzene rings is 1. The molecular weight excluding hydrogens is 356 g/mol. The highest BCUT2D eigenvalue weighted by molar-refractivity contribution is 7.22. The smallest absolute Gasteiger partial charge is 0.144 e. The van der Waals surface area contributed by atoms with Crippen LogP contribution in [0.1, 0.15) is 12.8 Å². The zero-order valence-electron chi connectivity index (χ0n) is 16.1. The number of methoxy groups -OCH3 is 1. The van der Waals surface area contributed by atoms with E-state index in [4.69, 9.17) is 4.74 Å². The van der Waals surface area contributed by atoms with E-state index in [1.54, 1.807) is 18.4 Å². The summed E-state index contributed by atoms with van der Waals surface area (Å²) in [5.41, 5.74) is 2.22. The Balaban J connectivity index is 1.51. The van der Waals surface area contributed by atoms with Crippen LogP contribution in [-0.4, -0.2) is 50.2 Å². The van der Waals surface area contributed by atoms with Crippen LogP contribution in [0.25, 0.3) is 10.1 Å². The van der Waals surface area contributed by atoms with Crippen molar-refractivity contribution in [2.75, 3.05) is 44.5 Å². The summed E-state index contributed by atoms with van der Waals surface area (Å²) in [5.74, 6) is 0.922. The molecule has 3 aromatic rings. The first-order chi connectivity index (χ1) is 13.1. The summed E-state index contributed by atoms with van der Waals surface area (Å²) >= 11 is 1.73. The molecule has 2 aromatic heterocycles. The van der Waals surface area contributed by atoms with E-state index in [0.29, 0.717) is 6.04 Å². The van der Waals surface area contributed by atoms with E-state index in [1.165, 1.54) is 23.2 Å². The molecule has 0 amide bonds. The molecule has 1 fully saturated rings. The SMILES string of the molecule is COc1cc(Nc2cc3cnccc3s2)ccc1N1CCC(N(C)C)CC1. The van der Waals surface area contributed by atoms with Gasteiger partial charge in [0.1, 0.15) is 5.75 Å². The van der Waals surface area contributed by atoms with Crippen molar-refractivity contribution < 1.29 is 4.74 Å². The number of nitrogens with zero attached hydrogens (tertiary/aromatic N) is 3. The van der Waals surface area contributed by atoms with Crippen molar-refractivity contribution in [2.24, 2.45) is 0 Å². The molecule has 0 bridgehead atoms. The van der Waals surface area contributed by atoms with Gasteiger partial charge in [-0.05, 0) is 51.2 Å². The minimum absolute atomic E-state index is 0.677. The van der Waals surface area contributed by atoms with Crippen LogP contribution in [0.2, 0.25) is 0 Å². The zero-order chi connectivity index (χ0) is 18.8. The monoisotopic (exact) mass is 382 g/mol. The Hall–Kier alpha value is -2.31. The molecule has 1 N–H and O–H groups in total. The molecule has 5 nitrogen and oxygen atoms in total. The van der Waals surface area contributed by atoms with Crippen molar-refractivity contribution in [3.63, 3.8) is 0 Å². The Labute approximate surface area is 164 Å². The molecule has 1 aromatic carbocycles. The van der Waals surface area contributed by atoms with Gasteiger partial charge in [0.05, 0.1) is 17.8 Å². The average molecular weight is 383 g/mol. The molecule has 4 rings (SSSR count). The van der Waals surface area contributed by atoms with Crippen molar-refractivity contribution in [3.8, 4) is 5.75 Å². The molecule has 0 spiro atoms. The first-order valence-electron chi connectivity index (χ1n) is 9.34. The Bertz CT molecular complexity index is 882. The Morgan fingerprint density at radius 2 is 2.00 bits per heavy atom. The van der Waals surface area contributed by atoms with E-state index in [0.717, 1.165) is 34.9 Å². The molecule has 0 atom stereocenters. The van der Waals surface area contributed by atoms with Gasteiger partial charge in [0.2, 0.25) is 0 Å². The summed E-state index contributed by atoms with van der Waals surface area (Å²) in [6.07, 6.45) is 6.11. The molecule has 0 radical (unpaired) electrons. The van der Waals surface area contributed by atoms with E-state index in [1.807, 2.05) is 18.5 Å². The second-order valence-electron chi connectivity index (χ2n) is 7.22. The molecule has 1 aliphatic heterocycles. The minimum atomic E-state index is 0.677. The molecular formula is C21H26N4OS. The number of anilines is 3. The number of hydrogen-bond acceptors (Lipinski definition) is 6. The van der Waals surface area contributed by atoms with E-state index in [9.17, 15) is 0 Å². The number of ether oxygens (including phenoxy) is 1. The fraction of sp³-hybridized carbons (Fsp3) is 0.381. The minimum Gasteiger partial charge on any atom is -0.495 e. The van der Waals surface area contributed by atoms with Gasteiger partial charge in [0.25, 0.3) is 0 Å². The van der Waals surface area contributed by atoms with Crippen LogP contribution >= 0.6 is 11.3 Å². The lowest BCUT2D eigenvalue weighted by atomic mass is 10.0. The number of thiophene rings is 1. The number of aromatic nitrogens is 1. The maximum Gasteiger partial charge on any atom is 0.144 e. The molecule has 142 valence electrons. The topological polar surface area (TPSA) is 40.6 Å². The van der Waals surface area contributed by atoms with E-state index < -0.39 is 0 Å². The highest BCUT2D eigenvalue weighted by Crippen LogP contribution is 2.36. The lowest BCUT2D eigenvalue weighted by Crippen LogP contribution is -2.42. The molecule has 1 aliphatic rings. The number of piperidine rings is 1. The van der Waals surface area contributed by atoms with Gasteiger partial charge in [-0.1, -0.05) is 0 Å². The average Bonchev–Trinajstić information content (AvgIpc) is 3.10. The lowest BCUT2D eigenvalue weighted by molar-refractivity contribution is 0.249. The normalized spacial score (nSPS) is 15.5. The van der Waals surface area contributed by atoms with Crippen molar-refractivity contribution in [2.45, 2.75) is 18.9 Å². The highest BCUT2D eigenvalue weighted by Gasteiger charge is 2.22. The van der Waals surface area contributed by atoms with Gasteiger partial charge in [0, 0.05) is 53.4 Å². The molecule has 27 heavy (non-hydrogen) atoms. The third kappa shape index (κ3) is 3.87. The number of hydrogen-bond donors (Lipinski definition) is 1. The second-order valence-corrected chi connectivity index (χ2v) is 8.30. The van der Waals surface area contributed by atoms with Crippen molar-refractivity contribution in [3.05, 3.63) is 42.7 Å². The third-order valence-corrected chi connectivity index (χ3v) is 6.33. The molecule has 1 saturated heterocycles. The molecule has 3 heterocycles. The number of nitrogens with one attached hydrogen (secondary N) is 1. The predicted molar refractivity (Wildman–Crippen MR) is 115 cm³/mol. The molecule has 0 saturated carbocycles. The maximum atomic E-state index is 5.71. The van der Waals surface area contributed by atoms with Gasteiger partial charge < -0.3 is 19.9 Å². The fourth-order valence-electron chi connectivity index (χ4n) is 3.73. The third-order valence-electron chi connectivity index (χ3n) is 5.30. The lowest BCUT2D eigenvalue weighted by Gasteiger charge is -2.37. The van der Waals surface area contributed by atoms with E-state index >= 15 is 0 Å². The standard InChI is InChI=1S/C21H26N4OS/c1-24(2)17-7-10-25(11-8-17)18-5-4-16(13-19(18)26-3)23-21-12-15-14-22-9-6-20(15)27-21/h4-6,9,12-14,17,23H,7-8,10-11H2,1-3H3. The summed E-state index contributed by atoms with van der Waals surface area (Å²) in [5, 5.41) is 5.78. The van der Waals surface area contributed by atoms with Crippen LogP contribution in [0.15, 0.2) is 42.7 Å². The van der Waals surface area contributed by atoms with Gasteiger partial charge in [-0.2, -0.15) is 0 Å². The fourth-order valence-corrected chi connectivity index (χ4v) is 4.68. The molecule has 0 aliphatic carbocycles. The largest absolute Gasteiger partial charge is 0.495 e. The Morgan fingerprint density at radius 1 is 1.19 bits per heavy atom. The quantitative estimate of drug-likeness (QED) is 0.699. The van der Waals surface area contributed by atoms with Crippen molar-refractivity contribution >= 4 is 37.8 Å². The first kappa shape index (κ1) is 18.1. The number of fused-ring (bicyclic) bond motifs is 1. The Morgan fingerprint density at radius 3 is 2.70 bits per heavy atom. The summed E-state index contributed by atoms with van der Waals surface area (Å²) in [7, 11) is 6.09. The van der Waals surface area contributed by atoms with Crippen molar-refractivity contribution in [1.29, 1.82) is 0 Å². The Kier molecular flexibility index (Phi) is 5.18. The first-order valence-corrected chi connectivity index (χ1v) is 10.2. The van der Waals surface area contributed by atoms with E-state index in [-0.39, 0.29) is 0 Å². The van der Waals surface area contributed by atoms with Gasteiger partial charge in [-0.3, -0.25) is 4.98 Å².